The number of carbonyl (C=O) groups excluding carboxylic acids is 4. The van der Waals surface area contributed by atoms with Crippen molar-refractivity contribution in [3.63, 3.8) is 0 Å². The van der Waals surface area contributed by atoms with Gasteiger partial charge in [0.2, 0.25) is 27.7 Å². The molecular weight excluding hydrogens is 692 g/mol. The van der Waals surface area contributed by atoms with Crippen LogP contribution in [0, 0.1) is 5.92 Å². The van der Waals surface area contributed by atoms with Gasteiger partial charge in [-0.3, -0.25) is 19.1 Å². The second-order valence-corrected chi connectivity index (χ2v) is 17.1. The van der Waals surface area contributed by atoms with Gasteiger partial charge in [-0.1, -0.05) is 12.2 Å². The van der Waals surface area contributed by atoms with Crippen molar-refractivity contribution in [2.75, 3.05) is 33.8 Å². The van der Waals surface area contributed by atoms with Gasteiger partial charge in [-0.25, -0.2) is 18.2 Å². The molecule has 3 heterocycles. The Morgan fingerprint density at radius 2 is 1.88 bits per heavy atom. The number of likely N-dealkylation sites (N-methyl/N-ethyl adjacent to an activating group) is 1. The second kappa shape index (κ2) is 14.5. The molecule has 4 amide bonds. The number of fused-ring (bicyclic) bond motifs is 3. The van der Waals surface area contributed by atoms with Crippen molar-refractivity contribution < 1.29 is 41.8 Å². The molecule has 282 valence electrons. The number of nitrogens with zero attached hydrogens (tertiary/aromatic N) is 3. The summed E-state index contributed by atoms with van der Waals surface area (Å²) >= 11 is 0. The topological polar surface area (TPSA) is 186 Å². The van der Waals surface area contributed by atoms with Crippen molar-refractivity contribution in [1.29, 1.82) is 0 Å². The van der Waals surface area contributed by atoms with Crippen molar-refractivity contribution in [3.8, 4) is 11.6 Å². The van der Waals surface area contributed by atoms with Crippen molar-refractivity contribution in [2.24, 2.45) is 5.92 Å². The first-order chi connectivity index (χ1) is 24.6. The number of carbonyl (C=O) groups is 4. The summed E-state index contributed by atoms with van der Waals surface area (Å²) in [4.78, 5) is 63.3. The maximum Gasteiger partial charge on any atom is 0.408 e. The highest BCUT2D eigenvalue weighted by Crippen LogP contribution is 2.46. The lowest BCUT2D eigenvalue weighted by Crippen LogP contribution is -2.59. The molecule has 0 radical (unpaired) electrons. The minimum Gasteiger partial charge on any atom is -0.497 e. The minimum atomic E-state index is -3.89. The van der Waals surface area contributed by atoms with Gasteiger partial charge in [0, 0.05) is 30.5 Å². The van der Waals surface area contributed by atoms with Crippen LogP contribution in [0.5, 0.6) is 11.6 Å². The molecule has 16 heteroatoms. The highest BCUT2D eigenvalue weighted by atomic mass is 32.2. The van der Waals surface area contributed by atoms with E-state index in [9.17, 15) is 27.6 Å². The number of benzene rings is 1. The maximum absolute atomic E-state index is 14.5. The fraction of sp³-hybridized carbons (Fsp3) is 0.583. The highest BCUT2D eigenvalue weighted by molar-refractivity contribution is 7.91. The van der Waals surface area contributed by atoms with E-state index in [1.807, 2.05) is 42.3 Å². The number of rotatable bonds is 7. The van der Waals surface area contributed by atoms with E-state index in [0.29, 0.717) is 49.2 Å². The van der Waals surface area contributed by atoms with Gasteiger partial charge in [0.15, 0.2) is 0 Å². The molecule has 2 aromatic rings. The molecule has 1 saturated heterocycles. The summed E-state index contributed by atoms with van der Waals surface area (Å²) < 4.78 is 45.1. The average molecular weight is 741 g/mol. The number of sulfonamides is 1. The molecule has 3 fully saturated rings. The zero-order valence-corrected chi connectivity index (χ0v) is 31.0. The number of aromatic nitrogens is 1. The third-order valence-corrected chi connectivity index (χ3v) is 11.6. The number of pyridine rings is 1. The van der Waals surface area contributed by atoms with E-state index in [0.717, 1.165) is 5.39 Å². The predicted octanol–water partition coefficient (Wildman–Crippen LogP) is 2.25. The van der Waals surface area contributed by atoms with Crippen LogP contribution in [0.1, 0.15) is 59.3 Å². The van der Waals surface area contributed by atoms with E-state index < -0.39 is 74.3 Å². The molecule has 2 saturated carbocycles. The van der Waals surface area contributed by atoms with Gasteiger partial charge < -0.3 is 34.6 Å². The number of hydrogen-bond acceptors (Lipinski definition) is 11. The van der Waals surface area contributed by atoms with Gasteiger partial charge in [0.05, 0.1) is 18.9 Å². The fourth-order valence-corrected chi connectivity index (χ4v) is 8.19. The Kier molecular flexibility index (Phi) is 10.4. The molecule has 52 heavy (non-hydrogen) atoms. The number of amides is 4. The molecule has 4 aliphatic rings. The summed E-state index contributed by atoms with van der Waals surface area (Å²) in [6.07, 6.45) is 6.43. The number of methoxy groups -OCH3 is 1. The van der Waals surface area contributed by atoms with Crippen molar-refractivity contribution in [3.05, 3.63) is 42.6 Å². The minimum absolute atomic E-state index is 0.0278. The first-order valence-electron chi connectivity index (χ1n) is 17.7. The molecule has 1 aromatic carbocycles. The van der Waals surface area contributed by atoms with Crippen LogP contribution in [0.4, 0.5) is 4.79 Å². The monoisotopic (exact) mass is 740 g/mol. The molecule has 2 aliphatic carbocycles. The quantitative estimate of drug-likeness (QED) is 0.354. The van der Waals surface area contributed by atoms with E-state index in [1.165, 1.54) is 4.90 Å². The van der Waals surface area contributed by atoms with Gasteiger partial charge in [-0.05, 0) is 96.1 Å². The van der Waals surface area contributed by atoms with Gasteiger partial charge in [-0.2, -0.15) is 0 Å². The van der Waals surface area contributed by atoms with Crippen LogP contribution >= 0.6 is 0 Å². The molecule has 3 N–H and O–H groups in total. The number of nitrogens with one attached hydrogen (secondary N) is 3. The Morgan fingerprint density at radius 1 is 1.12 bits per heavy atom. The fourth-order valence-electron chi connectivity index (χ4n) is 6.83. The molecule has 0 bridgehead atoms. The van der Waals surface area contributed by atoms with Crippen LogP contribution in [0.3, 0.4) is 0 Å². The zero-order valence-electron chi connectivity index (χ0n) is 30.2. The molecule has 6 rings (SSSR count). The molecule has 5 atom stereocenters. The van der Waals surface area contributed by atoms with E-state index in [-0.39, 0.29) is 25.9 Å². The standard InChI is InChI=1S/C36H48N6O9S/c1-35(2,3)51-34(46)38-28-21-41(4)16-8-6-7-9-23-19-36(23,33(45)40-52(47,48)26-11-12-26)39-30(43)29-18-25(20-42(29)32(28)44)50-31-27-13-10-24(49-5)17-22(27)14-15-37-31/h7,9-10,13-15,17,23,25-26,28-29H,6,8,11-12,16,18-21H2,1-5H3,(H,38,46)(H,39,43)(H,40,45)/t23-,25?,28+,29+,36-/m1/s1. The predicted molar refractivity (Wildman–Crippen MR) is 191 cm³/mol. The van der Waals surface area contributed by atoms with Crippen LogP contribution < -0.4 is 24.8 Å². The van der Waals surface area contributed by atoms with Gasteiger partial charge in [-0.15, -0.1) is 0 Å². The molecular formula is C36H48N6O9S. The van der Waals surface area contributed by atoms with Crippen molar-refractivity contribution >= 4 is 44.6 Å². The Labute approximate surface area is 303 Å². The summed E-state index contributed by atoms with van der Waals surface area (Å²) in [7, 11) is -0.475. The van der Waals surface area contributed by atoms with Crippen LogP contribution in [0.25, 0.3) is 10.8 Å². The average Bonchev–Trinajstić information content (AvgIpc) is 4.00. The largest absolute Gasteiger partial charge is 0.497 e. The Bertz CT molecular complexity index is 1860. The van der Waals surface area contributed by atoms with Crippen LogP contribution in [-0.4, -0.2) is 115 Å². The normalized spacial score (nSPS) is 27.4. The van der Waals surface area contributed by atoms with E-state index in [2.05, 4.69) is 20.3 Å². The van der Waals surface area contributed by atoms with E-state index in [4.69, 9.17) is 14.2 Å². The summed E-state index contributed by atoms with van der Waals surface area (Å²) in [6, 6.07) is 5.05. The van der Waals surface area contributed by atoms with Gasteiger partial charge >= 0.3 is 6.09 Å². The van der Waals surface area contributed by atoms with Crippen LogP contribution in [0.15, 0.2) is 42.6 Å². The number of hydrogen-bond donors (Lipinski definition) is 3. The lowest BCUT2D eigenvalue weighted by Gasteiger charge is -2.32. The molecule has 15 nitrogen and oxygen atoms in total. The zero-order chi connectivity index (χ0) is 37.4. The maximum atomic E-state index is 14.5. The highest BCUT2D eigenvalue weighted by Gasteiger charge is 2.62. The van der Waals surface area contributed by atoms with Crippen LogP contribution in [-0.2, 0) is 29.1 Å². The summed E-state index contributed by atoms with van der Waals surface area (Å²) in [5.41, 5.74) is -2.33. The van der Waals surface area contributed by atoms with Gasteiger partial charge in [0.25, 0.3) is 5.91 Å². The van der Waals surface area contributed by atoms with Crippen molar-refractivity contribution in [2.45, 2.75) is 93.9 Å². The second-order valence-electron chi connectivity index (χ2n) is 15.2. The summed E-state index contributed by atoms with van der Waals surface area (Å²) in [5.74, 6) is -1.44. The SMILES string of the molecule is COc1ccc2c(OC3C[C@H]4C(=O)N[C@]5(C(=O)NS(=O)(=O)C6CC6)C[C@H]5C=CCCCN(C)C[C@H](NC(=O)OC(C)(C)C)C(=O)N4C3)nccc2c1. The number of allylic oxidation sites excluding steroid dienone is 1. The lowest BCUT2D eigenvalue weighted by molar-refractivity contribution is -0.141. The smallest absolute Gasteiger partial charge is 0.408 e. The molecule has 0 spiro atoms. The third-order valence-electron chi connectivity index (χ3n) is 9.79. The first kappa shape index (κ1) is 37.3. The number of ether oxygens (including phenoxy) is 3. The first-order valence-corrected chi connectivity index (χ1v) is 19.3. The van der Waals surface area contributed by atoms with Crippen molar-refractivity contribution in [1.82, 2.24) is 30.1 Å². The molecule has 1 aromatic heterocycles. The van der Waals surface area contributed by atoms with Crippen LogP contribution in [0.2, 0.25) is 0 Å². The Balaban J connectivity index is 1.32. The Hall–Kier alpha value is -4.44. The third kappa shape index (κ3) is 8.44. The molecule has 1 unspecified atom stereocenters. The lowest BCUT2D eigenvalue weighted by atomic mass is 10.1. The molecule has 2 aliphatic heterocycles. The summed E-state index contributed by atoms with van der Waals surface area (Å²) in [6.45, 7) is 5.86. The van der Waals surface area contributed by atoms with E-state index in [1.54, 1.807) is 40.1 Å². The van der Waals surface area contributed by atoms with E-state index >= 15 is 0 Å². The number of alkyl carbamates (subject to hydrolysis) is 1. The van der Waals surface area contributed by atoms with Gasteiger partial charge in [0.1, 0.15) is 35.1 Å². The Morgan fingerprint density at radius 3 is 2.60 bits per heavy atom. The summed E-state index contributed by atoms with van der Waals surface area (Å²) in [5, 5.41) is 6.48.